The highest BCUT2D eigenvalue weighted by atomic mass is 79.9. The molecule has 3 heteroatoms. The molecule has 2 rings (SSSR count). The van der Waals surface area contributed by atoms with E-state index < -0.39 is 0 Å². The normalized spacial score (nSPS) is 28.4. The van der Waals surface area contributed by atoms with E-state index in [-0.39, 0.29) is 0 Å². The van der Waals surface area contributed by atoms with Gasteiger partial charge in [-0.1, -0.05) is 29.8 Å². The Kier molecular flexibility index (Phi) is 4.91. The molecule has 1 saturated heterocycles. The van der Waals surface area contributed by atoms with Crippen LogP contribution in [0.1, 0.15) is 32.8 Å². The quantitative estimate of drug-likeness (QED) is 0.820. The third-order valence-electron chi connectivity index (χ3n) is 4.35. The molecular formula is C16H24BrNO. The topological polar surface area (TPSA) is 12.5 Å². The molecule has 1 aliphatic heterocycles. The molecule has 1 aromatic carbocycles. The fraction of sp³-hybridized carbons (Fsp3) is 0.625. The molecule has 0 aromatic heterocycles. The second-order valence-corrected chi connectivity index (χ2v) is 6.80. The Morgan fingerprint density at radius 3 is 2.74 bits per heavy atom. The van der Waals surface area contributed by atoms with Gasteiger partial charge in [0.25, 0.3) is 0 Å². The van der Waals surface area contributed by atoms with E-state index in [1.807, 2.05) is 6.07 Å². The monoisotopic (exact) mass is 325 g/mol. The molecule has 0 aliphatic carbocycles. The van der Waals surface area contributed by atoms with Crippen molar-refractivity contribution < 1.29 is 4.74 Å². The van der Waals surface area contributed by atoms with Crippen molar-refractivity contribution in [3.8, 4) is 5.75 Å². The summed E-state index contributed by atoms with van der Waals surface area (Å²) in [6.07, 6.45) is 1.34. The van der Waals surface area contributed by atoms with Crippen molar-refractivity contribution in [2.45, 2.75) is 39.8 Å². The SMILES string of the molecule is COc1ccc(Br)c(CN2CC(C)CC(C)C2C)c1. The van der Waals surface area contributed by atoms with Crippen LogP contribution >= 0.6 is 15.9 Å². The number of nitrogens with zero attached hydrogens (tertiary/aromatic N) is 1. The first kappa shape index (κ1) is 14.9. The predicted octanol–water partition coefficient (Wildman–Crippen LogP) is 4.32. The molecule has 0 N–H and O–H groups in total. The second kappa shape index (κ2) is 6.27. The molecule has 1 heterocycles. The zero-order valence-corrected chi connectivity index (χ0v) is 13.9. The summed E-state index contributed by atoms with van der Waals surface area (Å²) in [6.45, 7) is 9.26. The predicted molar refractivity (Wildman–Crippen MR) is 83.5 cm³/mol. The van der Waals surface area contributed by atoms with Crippen molar-refractivity contribution in [1.82, 2.24) is 4.90 Å². The van der Waals surface area contributed by atoms with Crippen LogP contribution < -0.4 is 4.74 Å². The zero-order chi connectivity index (χ0) is 14.0. The van der Waals surface area contributed by atoms with E-state index in [2.05, 4.69) is 53.7 Å². The molecule has 1 fully saturated rings. The third-order valence-corrected chi connectivity index (χ3v) is 5.12. The molecule has 3 unspecified atom stereocenters. The second-order valence-electron chi connectivity index (χ2n) is 5.95. The molecule has 0 saturated carbocycles. The Bertz CT molecular complexity index is 435. The molecule has 106 valence electrons. The summed E-state index contributed by atoms with van der Waals surface area (Å²) >= 11 is 3.65. The number of hydrogen-bond acceptors (Lipinski definition) is 2. The first-order valence-corrected chi connectivity index (χ1v) is 7.87. The number of hydrogen-bond donors (Lipinski definition) is 0. The lowest BCUT2D eigenvalue weighted by molar-refractivity contribution is 0.0727. The van der Waals surface area contributed by atoms with Gasteiger partial charge >= 0.3 is 0 Å². The van der Waals surface area contributed by atoms with E-state index in [1.54, 1.807) is 7.11 Å². The Morgan fingerprint density at radius 1 is 1.32 bits per heavy atom. The van der Waals surface area contributed by atoms with Crippen LogP contribution in [0.3, 0.4) is 0 Å². The van der Waals surface area contributed by atoms with Gasteiger partial charge in [-0.2, -0.15) is 0 Å². The van der Waals surface area contributed by atoms with Crippen LogP contribution in [-0.4, -0.2) is 24.6 Å². The van der Waals surface area contributed by atoms with Gasteiger partial charge < -0.3 is 4.74 Å². The van der Waals surface area contributed by atoms with Crippen LogP contribution in [0.15, 0.2) is 22.7 Å². The van der Waals surface area contributed by atoms with Crippen LogP contribution in [0.2, 0.25) is 0 Å². The van der Waals surface area contributed by atoms with Crippen LogP contribution in [0.25, 0.3) is 0 Å². The van der Waals surface area contributed by atoms with E-state index in [1.165, 1.54) is 23.0 Å². The minimum atomic E-state index is 0.648. The number of likely N-dealkylation sites (tertiary alicyclic amines) is 1. The number of benzene rings is 1. The smallest absolute Gasteiger partial charge is 0.119 e. The van der Waals surface area contributed by atoms with Gasteiger partial charge in [-0.15, -0.1) is 0 Å². The highest BCUT2D eigenvalue weighted by Crippen LogP contribution is 2.30. The van der Waals surface area contributed by atoms with Gasteiger partial charge in [0.1, 0.15) is 5.75 Å². The van der Waals surface area contributed by atoms with Crippen LogP contribution in [0.4, 0.5) is 0 Å². The summed E-state index contributed by atoms with van der Waals surface area (Å²) in [6, 6.07) is 6.86. The molecule has 0 amide bonds. The van der Waals surface area contributed by atoms with Crippen LogP contribution in [0, 0.1) is 11.8 Å². The van der Waals surface area contributed by atoms with E-state index in [0.717, 1.165) is 24.1 Å². The molecule has 2 nitrogen and oxygen atoms in total. The van der Waals surface area contributed by atoms with Crippen molar-refractivity contribution in [2.24, 2.45) is 11.8 Å². The largest absolute Gasteiger partial charge is 0.497 e. The van der Waals surface area contributed by atoms with Crippen molar-refractivity contribution in [3.05, 3.63) is 28.2 Å². The lowest BCUT2D eigenvalue weighted by Crippen LogP contribution is -2.45. The van der Waals surface area contributed by atoms with Crippen molar-refractivity contribution in [3.63, 3.8) is 0 Å². The van der Waals surface area contributed by atoms with E-state index >= 15 is 0 Å². The minimum Gasteiger partial charge on any atom is -0.497 e. The van der Waals surface area contributed by atoms with Gasteiger partial charge in [0.05, 0.1) is 7.11 Å². The first-order valence-electron chi connectivity index (χ1n) is 7.07. The Labute approximate surface area is 125 Å². The summed E-state index contributed by atoms with van der Waals surface area (Å²) in [7, 11) is 1.72. The Balaban J connectivity index is 2.15. The van der Waals surface area contributed by atoms with Gasteiger partial charge in [0, 0.05) is 23.6 Å². The minimum absolute atomic E-state index is 0.648. The maximum atomic E-state index is 5.33. The molecule has 3 atom stereocenters. The standard InChI is InChI=1S/C16H24BrNO/c1-11-7-12(2)13(3)18(9-11)10-14-8-15(19-4)5-6-16(14)17/h5-6,8,11-13H,7,9-10H2,1-4H3. The highest BCUT2D eigenvalue weighted by molar-refractivity contribution is 9.10. The van der Waals surface area contributed by atoms with E-state index in [4.69, 9.17) is 4.74 Å². The Morgan fingerprint density at radius 2 is 2.05 bits per heavy atom. The average Bonchev–Trinajstić information content (AvgIpc) is 2.38. The average molecular weight is 326 g/mol. The third kappa shape index (κ3) is 3.51. The molecule has 0 bridgehead atoms. The van der Waals surface area contributed by atoms with Crippen molar-refractivity contribution in [2.75, 3.05) is 13.7 Å². The van der Waals surface area contributed by atoms with Crippen molar-refractivity contribution >= 4 is 15.9 Å². The highest BCUT2D eigenvalue weighted by Gasteiger charge is 2.28. The zero-order valence-electron chi connectivity index (χ0n) is 12.3. The molecular weight excluding hydrogens is 302 g/mol. The number of ether oxygens (including phenoxy) is 1. The lowest BCUT2D eigenvalue weighted by Gasteiger charge is -2.41. The van der Waals surface area contributed by atoms with Gasteiger partial charge in [-0.25, -0.2) is 0 Å². The fourth-order valence-corrected chi connectivity index (χ4v) is 3.43. The summed E-state index contributed by atoms with van der Waals surface area (Å²) in [5.41, 5.74) is 1.31. The molecule has 1 aromatic rings. The van der Waals surface area contributed by atoms with E-state index in [0.29, 0.717) is 6.04 Å². The summed E-state index contributed by atoms with van der Waals surface area (Å²) in [5.74, 6) is 2.49. The number of methoxy groups -OCH3 is 1. The first-order chi connectivity index (χ1) is 9.01. The maximum Gasteiger partial charge on any atom is 0.119 e. The number of halogens is 1. The van der Waals surface area contributed by atoms with Gasteiger partial charge in [-0.05, 0) is 48.9 Å². The summed E-state index contributed by atoms with van der Waals surface area (Å²) < 4.78 is 6.50. The number of rotatable bonds is 3. The number of piperidine rings is 1. The fourth-order valence-electron chi connectivity index (χ4n) is 3.06. The summed E-state index contributed by atoms with van der Waals surface area (Å²) in [5, 5.41) is 0. The van der Waals surface area contributed by atoms with Crippen LogP contribution in [0.5, 0.6) is 5.75 Å². The Hall–Kier alpha value is -0.540. The van der Waals surface area contributed by atoms with Crippen LogP contribution in [-0.2, 0) is 6.54 Å². The van der Waals surface area contributed by atoms with Gasteiger partial charge in [0.2, 0.25) is 0 Å². The maximum absolute atomic E-state index is 5.33. The molecule has 1 aliphatic rings. The summed E-state index contributed by atoms with van der Waals surface area (Å²) in [4.78, 5) is 2.60. The molecule has 0 radical (unpaired) electrons. The lowest BCUT2D eigenvalue weighted by atomic mass is 9.86. The van der Waals surface area contributed by atoms with Gasteiger partial charge in [0.15, 0.2) is 0 Å². The van der Waals surface area contributed by atoms with Crippen molar-refractivity contribution in [1.29, 1.82) is 0 Å². The molecule has 19 heavy (non-hydrogen) atoms. The molecule has 0 spiro atoms. The van der Waals surface area contributed by atoms with E-state index in [9.17, 15) is 0 Å². The van der Waals surface area contributed by atoms with Gasteiger partial charge in [-0.3, -0.25) is 4.90 Å².